The molecule has 0 aromatic rings. The number of carbonyl (C=O) groups is 1. The monoisotopic (exact) mass is 338 g/mol. The highest BCUT2D eigenvalue weighted by molar-refractivity contribution is 5.87. The summed E-state index contributed by atoms with van der Waals surface area (Å²) in [7, 11) is 0. The molecule has 0 bridgehead atoms. The third kappa shape index (κ3) is 7.86. The highest BCUT2D eigenvalue weighted by Crippen LogP contribution is 2.35. The maximum Gasteiger partial charge on any atom is 0.391 e. The van der Waals surface area contributed by atoms with Crippen LogP contribution in [0.4, 0.5) is 13.2 Å². The Morgan fingerprint density at radius 2 is 1.61 bits per heavy atom. The lowest BCUT2D eigenvalue weighted by molar-refractivity contribution is -0.194. The van der Waals surface area contributed by atoms with Gasteiger partial charge in [-0.05, 0) is 33.1 Å². The standard InChI is InChI=1S/C17H29F3O3/c1-7-15(6,23-14(21)13(4)5)10-11-22-16(8-2,9-3)12-17(18,19)20/h4,7-12H2,1-3,5-6H3. The SMILES string of the molecule is C=C(C)C(=O)OC(C)(CC)CCOC(CC)(CC)CC(F)(F)F. The average molecular weight is 338 g/mol. The zero-order valence-corrected chi connectivity index (χ0v) is 14.8. The van der Waals surface area contributed by atoms with Gasteiger partial charge in [0.2, 0.25) is 0 Å². The molecule has 0 saturated carbocycles. The first-order chi connectivity index (χ1) is 10.4. The van der Waals surface area contributed by atoms with Crippen LogP contribution in [0, 0.1) is 0 Å². The van der Waals surface area contributed by atoms with Crippen molar-refractivity contribution in [3.05, 3.63) is 12.2 Å². The van der Waals surface area contributed by atoms with Gasteiger partial charge in [-0.1, -0.05) is 27.4 Å². The van der Waals surface area contributed by atoms with Crippen LogP contribution in [0.5, 0.6) is 0 Å². The molecule has 0 aliphatic heterocycles. The average Bonchev–Trinajstić information content (AvgIpc) is 2.44. The molecule has 0 aromatic heterocycles. The van der Waals surface area contributed by atoms with Crippen LogP contribution in [0.15, 0.2) is 12.2 Å². The van der Waals surface area contributed by atoms with Gasteiger partial charge in [0.05, 0.1) is 18.6 Å². The van der Waals surface area contributed by atoms with Crippen LogP contribution in [0.2, 0.25) is 0 Å². The van der Waals surface area contributed by atoms with E-state index in [1.165, 1.54) is 0 Å². The van der Waals surface area contributed by atoms with Crippen LogP contribution in [-0.2, 0) is 14.3 Å². The second-order valence-corrected chi connectivity index (χ2v) is 6.25. The number of hydrogen-bond acceptors (Lipinski definition) is 3. The lowest BCUT2D eigenvalue weighted by Crippen LogP contribution is -2.39. The van der Waals surface area contributed by atoms with E-state index in [1.54, 1.807) is 27.7 Å². The first-order valence-corrected chi connectivity index (χ1v) is 8.02. The van der Waals surface area contributed by atoms with Crippen LogP contribution < -0.4 is 0 Å². The second-order valence-electron chi connectivity index (χ2n) is 6.25. The van der Waals surface area contributed by atoms with E-state index in [0.29, 0.717) is 18.4 Å². The molecule has 0 N–H and O–H groups in total. The fourth-order valence-corrected chi connectivity index (χ4v) is 2.21. The molecule has 6 heteroatoms. The summed E-state index contributed by atoms with van der Waals surface area (Å²) in [5, 5.41) is 0. The summed E-state index contributed by atoms with van der Waals surface area (Å²) >= 11 is 0. The predicted octanol–water partition coefficient (Wildman–Crippen LogP) is 5.19. The Hall–Kier alpha value is -1.04. The first-order valence-electron chi connectivity index (χ1n) is 8.02. The number of ether oxygens (including phenoxy) is 2. The van der Waals surface area contributed by atoms with Gasteiger partial charge in [0.15, 0.2) is 0 Å². The molecule has 0 heterocycles. The van der Waals surface area contributed by atoms with Crippen LogP contribution >= 0.6 is 0 Å². The second kappa shape index (κ2) is 8.71. The summed E-state index contributed by atoms with van der Waals surface area (Å²) < 4.78 is 49.3. The van der Waals surface area contributed by atoms with Crippen LogP contribution in [0.1, 0.15) is 66.7 Å². The maximum atomic E-state index is 12.8. The third-order valence-electron chi connectivity index (χ3n) is 4.29. The van der Waals surface area contributed by atoms with E-state index < -0.39 is 29.8 Å². The highest BCUT2D eigenvalue weighted by atomic mass is 19.4. The van der Waals surface area contributed by atoms with E-state index in [1.807, 2.05) is 6.92 Å². The molecule has 3 nitrogen and oxygen atoms in total. The minimum Gasteiger partial charge on any atom is -0.456 e. The van der Waals surface area contributed by atoms with Gasteiger partial charge in [-0.2, -0.15) is 13.2 Å². The molecule has 0 saturated heterocycles. The number of rotatable bonds is 10. The Bertz CT molecular complexity index is 400. The summed E-state index contributed by atoms with van der Waals surface area (Å²) in [6.45, 7) is 12.2. The molecule has 136 valence electrons. The van der Waals surface area contributed by atoms with Crippen LogP contribution in [0.25, 0.3) is 0 Å². The van der Waals surface area contributed by atoms with Crippen molar-refractivity contribution in [3.63, 3.8) is 0 Å². The van der Waals surface area contributed by atoms with Crippen LogP contribution in [-0.4, -0.2) is 30.0 Å². The number of alkyl halides is 3. The van der Waals surface area contributed by atoms with Gasteiger partial charge in [0.1, 0.15) is 5.60 Å². The molecule has 23 heavy (non-hydrogen) atoms. The van der Waals surface area contributed by atoms with Gasteiger partial charge in [-0.25, -0.2) is 4.79 Å². The first kappa shape index (κ1) is 22.0. The molecule has 0 spiro atoms. The number of carbonyl (C=O) groups excluding carboxylic acids is 1. The molecule has 0 fully saturated rings. The minimum atomic E-state index is -4.27. The molecule has 0 radical (unpaired) electrons. The van der Waals surface area contributed by atoms with Gasteiger partial charge in [-0.15, -0.1) is 0 Å². The van der Waals surface area contributed by atoms with Crippen molar-refractivity contribution in [2.45, 2.75) is 84.1 Å². The van der Waals surface area contributed by atoms with Crippen molar-refractivity contribution in [1.29, 1.82) is 0 Å². The van der Waals surface area contributed by atoms with Gasteiger partial charge in [0.25, 0.3) is 0 Å². The van der Waals surface area contributed by atoms with Gasteiger partial charge in [-0.3, -0.25) is 0 Å². The molecule has 0 aromatic carbocycles. The van der Waals surface area contributed by atoms with Crippen molar-refractivity contribution in [1.82, 2.24) is 0 Å². The normalized spacial score (nSPS) is 15.1. The quantitative estimate of drug-likeness (QED) is 0.406. The van der Waals surface area contributed by atoms with E-state index in [2.05, 4.69) is 6.58 Å². The van der Waals surface area contributed by atoms with Crippen molar-refractivity contribution in [2.75, 3.05) is 6.61 Å². The Balaban J connectivity index is 4.78. The number of esters is 1. The molecule has 1 atom stereocenters. The molecule has 0 aliphatic rings. The largest absolute Gasteiger partial charge is 0.456 e. The predicted molar refractivity (Wildman–Crippen MR) is 84.2 cm³/mol. The molecular weight excluding hydrogens is 309 g/mol. The molecule has 0 aliphatic carbocycles. The van der Waals surface area contributed by atoms with Gasteiger partial charge >= 0.3 is 12.1 Å². The van der Waals surface area contributed by atoms with E-state index in [0.717, 1.165) is 0 Å². The maximum absolute atomic E-state index is 12.8. The van der Waals surface area contributed by atoms with Crippen molar-refractivity contribution >= 4 is 5.97 Å². The highest BCUT2D eigenvalue weighted by Gasteiger charge is 2.41. The van der Waals surface area contributed by atoms with Gasteiger partial charge < -0.3 is 9.47 Å². The summed E-state index contributed by atoms with van der Waals surface area (Å²) in [5.74, 6) is -0.498. The molecule has 0 rings (SSSR count). The van der Waals surface area contributed by atoms with E-state index in [4.69, 9.17) is 9.47 Å². The third-order valence-corrected chi connectivity index (χ3v) is 4.29. The lowest BCUT2D eigenvalue weighted by atomic mass is 9.92. The summed E-state index contributed by atoms with van der Waals surface area (Å²) in [6.07, 6.45) is -3.81. The molecule has 1 unspecified atom stereocenters. The Labute approximate surface area is 137 Å². The zero-order chi connectivity index (χ0) is 18.3. The summed E-state index contributed by atoms with van der Waals surface area (Å²) in [6, 6.07) is 0. The Kier molecular flexibility index (Phi) is 8.32. The smallest absolute Gasteiger partial charge is 0.391 e. The Morgan fingerprint density at radius 3 is 1.96 bits per heavy atom. The lowest BCUT2D eigenvalue weighted by Gasteiger charge is -2.35. The van der Waals surface area contributed by atoms with Crippen molar-refractivity contribution in [3.8, 4) is 0 Å². The topological polar surface area (TPSA) is 35.5 Å². The molecule has 0 amide bonds. The fraction of sp³-hybridized carbons (Fsp3) is 0.824. The van der Waals surface area contributed by atoms with Crippen molar-refractivity contribution in [2.24, 2.45) is 0 Å². The summed E-state index contributed by atoms with van der Waals surface area (Å²) in [5.41, 5.74) is -1.70. The van der Waals surface area contributed by atoms with Gasteiger partial charge in [0, 0.05) is 12.0 Å². The number of hydrogen-bond donors (Lipinski definition) is 0. The summed E-state index contributed by atoms with van der Waals surface area (Å²) in [4.78, 5) is 11.7. The van der Waals surface area contributed by atoms with E-state index >= 15 is 0 Å². The molecular formula is C17H29F3O3. The fourth-order valence-electron chi connectivity index (χ4n) is 2.21. The Morgan fingerprint density at radius 1 is 1.09 bits per heavy atom. The van der Waals surface area contributed by atoms with Crippen molar-refractivity contribution < 1.29 is 27.4 Å². The van der Waals surface area contributed by atoms with E-state index in [9.17, 15) is 18.0 Å². The zero-order valence-electron chi connectivity index (χ0n) is 14.8. The minimum absolute atomic E-state index is 0.103. The number of halogens is 3. The van der Waals surface area contributed by atoms with Crippen LogP contribution in [0.3, 0.4) is 0 Å². The van der Waals surface area contributed by atoms with E-state index in [-0.39, 0.29) is 19.4 Å².